The third-order valence-electron chi connectivity index (χ3n) is 4.56. The van der Waals surface area contributed by atoms with Crippen LogP contribution in [0.3, 0.4) is 0 Å². The molecule has 0 amide bonds. The van der Waals surface area contributed by atoms with Crippen molar-refractivity contribution in [3.8, 4) is 5.75 Å². The van der Waals surface area contributed by atoms with Gasteiger partial charge in [-0.05, 0) is 65.7 Å². The summed E-state index contributed by atoms with van der Waals surface area (Å²) < 4.78 is 10.9. The molecule has 0 bridgehead atoms. The van der Waals surface area contributed by atoms with Gasteiger partial charge in [0, 0.05) is 6.54 Å². The van der Waals surface area contributed by atoms with Crippen LogP contribution in [0.2, 0.25) is 0 Å². The number of thioether (sulfide) groups is 1. The molecule has 154 valence electrons. The van der Waals surface area contributed by atoms with Crippen molar-refractivity contribution in [2.24, 2.45) is 5.92 Å². The van der Waals surface area contributed by atoms with Gasteiger partial charge in [0.2, 0.25) is 0 Å². The second-order valence-electron chi connectivity index (χ2n) is 7.18. The summed E-state index contributed by atoms with van der Waals surface area (Å²) in [6, 6.07) is 5.98. The Hall–Kier alpha value is -0.850. The van der Waals surface area contributed by atoms with Gasteiger partial charge in [-0.3, -0.25) is 4.79 Å². The second kappa shape index (κ2) is 13.3. The third kappa shape index (κ3) is 8.79. The van der Waals surface area contributed by atoms with Crippen LogP contribution in [0.1, 0.15) is 50.7 Å². The molecule has 0 aromatic heterocycles. The molecule has 1 aromatic rings. The SMILES string of the molecule is COC(=O)C(CCSC)NCc1cc(OCCC(C)CS)ccc1C(C)C. The number of methoxy groups -OCH3 is 1. The van der Waals surface area contributed by atoms with Crippen LogP contribution in [-0.4, -0.2) is 43.5 Å². The van der Waals surface area contributed by atoms with Crippen LogP contribution in [-0.2, 0) is 16.1 Å². The Morgan fingerprint density at radius 2 is 2.00 bits per heavy atom. The van der Waals surface area contributed by atoms with Gasteiger partial charge in [0.05, 0.1) is 13.7 Å². The highest BCUT2D eigenvalue weighted by Crippen LogP contribution is 2.25. The number of thiol groups is 1. The van der Waals surface area contributed by atoms with Crippen molar-refractivity contribution in [3.63, 3.8) is 0 Å². The predicted molar refractivity (Wildman–Crippen MR) is 119 cm³/mol. The minimum Gasteiger partial charge on any atom is -0.494 e. The highest BCUT2D eigenvalue weighted by atomic mass is 32.2. The van der Waals surface area contributed by atoms with Gasteiger partial charge in [-0.1, -0.05) is 26.8 Å². The first-order chi connectivity index (χ1) is 12.9. The molecule has 0 saturated heterocycles. The maximum Gasteiger partial charge on any atom is 0.322 e. The van der Waals surface area contributed by atoms with Crippen LogP contribution in [0.15, 0.2) is 18.2 Å². The van der Waals surface area contributed by atoms with E-state index < -0.39 is 0 Å². The maximum atomic E-state index is 12.0. The lowest BCUT2D eigenvalue weighted by Crippen LogP contribution is -2.37. The van der Waals surface area contributed by atoms with E-state index >= 15 is 0 Å². The zero-order valence-electron chi connectivity index (χ0n) is 17.3. The molecule has 0 fully saturated rings. The summed E-state index contributed by atoms with van der Waals surface area (Å²) in [6.45, 7) is 7.84. The first-order valence-electron chi connectivity index (χ1n) is 9.59. The Balaban J connectivity index is 2.82. The zero-order valence-corrected chi connectivity index (χ0v) is 19.0. The van der Waals surface area contributed by atoms with E-state index in [-0.39, 0.29) is 12.0 Å². The number of benzene rings is 1. The second-order valence-corrected chi connectivity index (χ2v) is 8.53. The highest BCUT2D eigenvalue weighted by molar-refractivity contribution is 7.98. The number of nitrogens with one attached hydrogen (secondary N) is 1. The summed E-state index contributed by atoms with van der Waals surface area (Å²) in [5.41, 5.74) is 2.44. The Kier molecular flexibility index (Phi) is 12.0. The lowest BCUT2D eigenvalue weighted by atomic mass is 9.96. The summed E-state index contributed by atoms with van der Waals surface area (Å²) in [5, 5.41) is 3.37. The molecule has 0 spiro atoms. The third-order valence-corrected chi connectivity index (χ3v) is 5.83. The van der Waals surface area contributed by atoms with Gasteiger partial charge in [-0.25, -0.2) is 0 Å². The molecule has 6 heteroatoms. The minimum atomic E-state index is -0.289. The molecule has 1 rings (SSSR count). The number of rotatable bonds is 13. The van der Waals surface area contributed by atoms with E-state index in [1.165, 1.54) is 18.2 Å². The fourth-order valence-corrected chi connectivity index (χ4v) is 3.43. The highest BCUT2D eigenvalue weighted by Gasteiger charge is 2.19. The number of carbonyl (C=O) groups is 1. The summed E-state index contributed by atoms with van der Waals surface area (Å²) in [6.07, 6.45) is 3.78. The number of hydrogen-bond donors (Lipinski definition) is 2. The predicted octanol–water partition coefficient (Wildman–Crippen LogP) is 4.53. The van der Waals surface area contributed by atoms with Crippen molar-refractivity contribution in [1.29, 1.82) is 0 Å². The van der Waals surface area contributed by atoms with E-state index in [1.54, 1.807) is 11.8 Å². The average Bonchev–Trinajstić information content (AvgIpc) is 2.67. The van der Waals surface area contributed by atoms with Gasteiger partial charge in [0.25, 0.3) is 0 Å². The van der Waals surface area contributed by atoms with Crippen molar-refractivity contribution in [1.82, 2.24) is 5.32 Å². The topological polar surface area (TPSA) is 47.6 Å². The van der Waals surface area contributed by atoms with Crippen molar-refractivity contribution >= 4 is 30.4 Å². The quantitative estimate of drug-likeness (QED) is 0.367. The molecular weight excluding hydrogens is 378 g/mol. The van der Waals surface area contributed by atoms with E-state index in [2.05, 4.69) is 50.8 Å². The van der Waals surface area contributed by atoms with Crippen LogP contribution in [0, 0.1) is 5.92 Å². The molecule has 0 aliphatic heterocycles. The Labute approximate surface area is 174 Å². The van der Waals surface area contributed by atoms with E-state index in [0.29, 0.717) is 25.0 Å². The van der Waals surface area contributed by atoms with Gasteiger partial charge in [0.1, 0.15) is 11.8 Å². The van der Waals surface area contributed by atoms with Gasteiger partial charge in [-0.2, -0.15) is 24.4 Å². The van der Waals surface area contributed by atoms with Crippen molar-refractivity contribution in [3.05, 3.63) is 29.3 Å². The standard InChI is InChI=1S/C21H35NO3S2/c1-15(2)19-7-6-18(25-10-8-16(3)14-26)12-17(19)13-22-20(9-11-27-5)21(23)24-4/h6-7,12,15-16,20,22,26H,8-11,13-14H2,1-5H3. The van der Waals surface area contributed by atoms with Crippen LogP contribution in [0.5, 0.6) is 5.75 Å². The summed E-state index contributed by atoms with van der Waals surface area (Å²) in [5.74, 6) is 3.40. The van der Waals surface area contributed by atoms with Gasteiger partial charge in [0.15, 0.2) is 0 Å². The lowest BCUT2D eigenvalue weighted by Gasteiger charge is -2.20. The van der Waals surface area contributed by atoms with Crippen LogP contribution in [0.4, 0.5) is 0 Å². The molecule has 1 N–H and O–H groups in total. The Morgan fingerprint density at radius 1 is 1.26 bits per heavy atom. The number of ether oxygens (including phenoxy) is 2. The average molecular weight is 414 g/mol. The molecule has 4 nitrogen and oxygen atoms in total. The first-order valence-corrected chi connectivity index (χ1v) is 11.6. The monoisotopic (exact) mass is 413 g/mol. The van der Waals surface area contributed by atoms with E-state index in [4.69, 9.17) is 9.47 Å². The van der Waals surface area contributed by atoms with Gasteiger partial charge >= 0.3 is 5.97 Å². The lowest BCUT2D eigenvalue weighted by molar-refractivity contribution is -0.143. The molecule has 1 aromatic carbocycles. The minimum absolute atomic E-state index is 0.205. The normalized spacial score (nSPS) is 13.4. The zero-order chi connectivity index (χ0) is 20.2. The summed E-state index contributed by atoms with van der Waals surface area (Å²) in [7, 11) is 1.44. The Bertz CT molecular complexity index is 566. The van der Waals surface area contributed by atoms with Gasteiger partial charge in [-0.15, -0.1) is 0 Å². The van der Waals surface area contributed by atoms with Crippen LogP contribution < -0.4 is 10.1 Å². The molecule has 27 heavy (non-hydrogen) atoms. The van der Waals surface area contributed by atoms with Crippen LogP contribution in [0.25, 0.3) is 0 Å². The smallest absolute Gasteiger partial charge is 0.322 e. The number of carbonyl (C=O) groups excluding carboxylic acids is 1. The molecule has 0 aliphatic carbocycles. The van der Waals surface area contributed by atoms with Gasteiger partial charge < -0.3 is 14.8 Å². The molecule has 0 radical (unpaired) electrons. The fraction of sp³-hybridized carbons (Fsp3) is 0.667. The maximum absolute atomic E-state index is 12.0. The van der Waals surface area contributed by atoms with Crippen molar-refractivity contribution in [2.45, 2.75) is 52.1 Å². The number of esters is 1. The van der Waals surface area contributed by atoms with Crippen LogP contribution >= 0.6 is 24.4 Å². The molecule has 0 aliphatic rings. The Morgan fingerprint density at radius 3 is 2.59 bits per heavy atom. The van der Waals surface area contributed by atoms with Crippen molar-refractivity contribution < 1.29 is 14.3 Å². The van der Waals surface area contributed by atoms with E-state index in [9.17, 15) is 4.79 Å². The fourth-order valence-electron chi connectivity index (χ4n) is 2.77. The number of hydrogen-bond acceptors (Lipinski definition) is 6. The summed E-state index contributed by atoms with van der Waals surface area (Å²) >= 11 is 6.05. The van der Waals surface area contributed by atoms with E-state index in [1.807, 2.05) is 12.3 Å². The molecule has 2 unspecified atom stereocenters. The largest absolute Gasteiger partial charge is 0.494 e. The van der Waals surface area contributed by atoms with E-state index in [0.717, 1.165) is 30.1 Å². The molecule has 0 heterocycles. The van der Waals surface area contributed by atoms with Crippen molar-refractivity contribution in [2.75, 3.05) is 31.5 Å². The molecular formula is C21H35NO3S2. The molecule has 2 atom stereocenters. The summed E-state index contributed by atoms with van der Waals surface area (Å²) in [4.78, 5) is 12.0. The molecule has 0 saturated carbocycles. The first kappa shape index (κ1) is 24.2.